The number of phosphoric acid groups is 3. The molecule has 0 heterocycles. The van der Waals surface area contributed by atoms with E-state index in [1.54, 1.807) is 0 Å². The van der Waals surface area contributed by atoms with Gasteiger partial charge in [-0.1, -0.05) is 0 Å². The molecule has 0 atom stereocenters. The smallest absolute Gasteiger partial charge is 0.870 e. The van der Waals surface area contributed by atoms with Crippen molar-refractivity contribution in [3.63, 3.8) is 0 Å². The summed E-state index contributed by atoms with van der Waals surface area (Å²) in [6, 6.07) is 0. The predicted octanol–water partition coefficient (Wildman–Crippen LogP) is -13.5. The van der Waals surface area contributed by atoms with Crippen molar-refractivity contribution < 1.29 is 93.2 Å². The van der Waals surface area contributed by atoms with Crippen LogP contribution < -0.4 is 54.3 Å². The maximum atomic E-state index is 8.55. The molecule has 29 heteroatoms. The number of carbonyl (C=O) groups is 2. The summed E-state index contributed by atoms with van der Waals surface area (Å²) >= 11 is 0. The van der Waals surface area contributed by atoms with Gasteiger partial charge in [0.15, 0.2) is 0 Å². The standard InChI is InChI=1S/2CH2O3.B.5Ca.Mg.3H3O4P.H2O/c2*2-1(3)4;;;;;;;;3*1-5(2,3)4;/h2*(H2,2,3,4);;;;;;;;3*(H3,1,2,3,4);1H2/q;;;6*+2;;;;/p-12. The monoisotopic (exact) mass is 659 g/mol. The van der Waals surface area contributed by atoms with Gasteiger partial charge in [-0.2, -0.15) is 23.5 Å². The van der Waals surface area contributed by atoms with Gasteiger partial charge in [0.2, 0.25) is 12.3 Å². The van der Waals surface area contributed by atoms with Gasteiger partial charge in [-0.25, -0.2) is 0 Å². The second-order valence-electron chi connectivity index (χ2n) is 1.87. The van der Waals surface area contributed by atoms with Gasteiger partial charge in [0, 0.05) is 8.41 Å². The average Bonchev–Trinajstić information content (AvgIpc) is 1.85. The molecule has 0 fully saturated rings. The number of hydrogen-bond acceptors (Lipinski definition) is 17. The summed E-state index contributed by atoms with van der Waals surface area (Å²) in [5.74, 6) is 0. The minimum Gasteiger partial charge on any atom is -0.870 e. The molecule has 0 aromatic rings. The van der Waals surface area contributed by atoms with Gasteiger partial charge in [0.25, 0.3) is 0 Å². The number of rotatable bonds is 0. The first kappa shape index (κ1) is 83.3. The van der Waals surface area contributed by atoms with Crippen LogP contribution in [0.4, 0.5) is 9.59 Å². The third kappa shape index (κ3) is 1170. The maximum absolute atomic E-state index is 8.55. The van der Waals surface area contributed by atoms with Crippen molar-refractivity contribution in [2.24, 2.45) is 0 Å². The first-order valence-corrected chi connectivity index (χ1v) is 7.84. The molecule has 0 amide bonds. The van der Waals surface area contributed by atoms with Crippen molar-refractivity contribution in [1.82, 2.24) is 0 Å². The Kier molecular flexibility index (Phi) is 131. The second kappa shape index (κ2) is 49.0. The van der Waals surface area contributed by atoms with E-state index in [2.05, 4.69) is 0 Å². The maximum Gasteiger partial charge on any atom is 2.00 e. The SMILES string of the molecule is O=C([O-])O.O=C([O-])O.O=P([O-])([O-])[O-].O=P([O-])([O-])[O-].O=P([O-])([O-])[O-].[B].[Ca+2].[Ca+2].[Ca+2].[Ca+2].[Ca+2].[Mg+2].[OH-]. The summed E-state index contributed by atoms with van der Waals surface area (Å²) in [6.07, 6.45) is -4.17. The van der Waals surface area contributed by atoms with Gasteiger partial charge in [-0.05, 0) is 0 Å². The van der Waals surface area contributed by atoms with Crippen LogP contribution in [0.5, 0.6) is 0 Å². The molecule has 0 saturated heterocycles. The minimum atomic E-state index is -5.39. The van der Waals surface area contributed by atoms with Crippen molar-refractivity contribution in [3.8, 4) is 0 Å². The van der Waals surface area contributed by atoms with Gasteiger partial charge < -0.3 is 93.2 Å². The van der Waals surface area contributed by atoms with E-state index in [4.69, 9.17) is 87.8 Å². The third-order valence-electron chi connectivity index (χ3n) is 0. The first-order valence-electron chi connectivity index (χ1n) is 3.45. The molecule has 0 unspecified atom stereocenters. The van der Waals surface area contributed by atoms with E-state index >= 15 is 0 Å². The van der Waals surface area contributed by atoms with E-state index in [9.17, 15) is 0 Å². The fourth-order valence-electron chi connectivity index (χ4n) is 0. The third-order valence-corrected chi connectivity index (χ3v) is 0. The zero-order chi connectivity index (χ0) is 20.7. The van der Waals surface area contributed by atoms with Crippen molar-refractivity contribution in [3.05, 3.63) is 0 Å². The molecule has 0 aliphatic carbocycles. The molecule has 0 spiro atoms. The quantitative estimate of drug-likeness (QED) is 0.180. The van der Waals surface area contributed by atoms with Crippen LogP contribution in [0.25, 0.3) is 0 Å². The van der Waals surface area contributed by atoms with Crippen LogP contribution in [0.15, 0.2) is 0 Å². The summed E-state index contributed by atoms with van der Waals surface area (Å²) in [4.78, 5) is 93.8. The Morgan fingerprint density at radius 1 is 0.516 bits per heavy atom. The van der Waals surface area contributed by atoms with Gasteiger partial charge in [0.05, 0.1) is 0 Å². The number of carboxylic acid groups (broad SMARTS) is 4. The Bertz CT molecular complexity index is 371. The van der Waals surface area contributed by atoms with E-state index in [1.807, 2.05) is 0 Å². The van der Waals surface area contributed by atoms with Crippen LogP contribution in [0.3, 0.4) is 0 Å². The summed E-state index contributed by atoms with van der Waals surface area (Å²) in [5.41, 5.74) is 0. The molecule has 0 aliphatic rings. The minimum absolute atomic E-state index is 0. The van der Waals surface area contributed by atoms with Crippen LogP contribution >= 0.6 is 23.5 Å². The second-order valence-corrected chi connectivity index (χ2v) is 4.56. The molecule has 0 rings (SSSR count). The zero-order valence-corrected chi connectivity index (χ0v) is 30.2. The summed E-state index contributed by atoms with van der Waals surface area (Å²) in [6.45, 7) is 0. The van der Waals surface area contributed by atoms with Crippen molar-refractivity contribution in [1.29, 1.82) is 0 Å². The Morgan fingerprint density at radius 2 is 0.516 bits per heavy atom. The molecule has 0 saturated carbocycles. The van der Waals surface area contributed by atoms with Crippen LogP contribution in [-0.2, 0) is 13.7 Å². The van der Waals surface area contributed by atoms with Gasteiger partial charge in [-0.3, -0.25) is 0 Å². The van der Waals surface area contributed by atoms with Crippen molar-refractivity contribution in [2.45, 2.75) is 0 Å². The van der Waals surface area contributed by atoms with E-state index in [0.717, 1.165) is 0 Å². The summed E-state index contributed by atoms with van der Waals surface area (Å²) in [7, 11) is -16.2. The predicted molar refractivity (Wildman–Crippen MR) is 81.1 cm³/mol. The first-order chi connectivity index (χ1) is 9.46. The molecule has 0 aromatic heterocycles. The van der Waals surface area contributed by atoms with Gasteiger partial charge in [0.1, 0.15) is 0 Å². The molecule has 0 aromatic carbocycles. The molecular formula is C2H3BCa5MgO19P3. The molecular weight excluding hydrogens is 656 g/mol. The van der Waals surface area contributed by atoms with Crippen molar-refractivity contribution in [2.75, 3.05) is 0 Å². The van der Waals surface area contributed by atoms with E-state index in [1.165, 1.54) is 0 Å². The van der Waals surface area contributed by atoms with E-state index < -0.39 is 35.8 Å². The van der Waals surface area contributed by atoms with Gasteiger partial charge in [-0.15, -0.1) is 0 Å². The average molecular weight is 659 g/mol. The molecule has 0 aliphatic heterocycles. The summed E-state index contributed by atoms with van der Waals surface area (Å²) in [5, 5.41) is 30.6. The largest absolute Gasteiger partial charge is 2.00 e. The Hall–Kier alpha value is 5.96. The van der Waals surface area contributed by atoms with E-state index in [0.29, 0.717) is 0 Å². The Labute approximate surface area is 341 Å². The molecule has 3 N–H and O–H groups in total. The van der Waals surface area contributed by atoms with Crippen LogP contribution in [0, 0.1) is 0 Å². The van der Waals surface area contributed by atoms with Crippen LogP contribution in [0.1, 0.15) is 0 Å². The number of hydrogen-bond donors (Lipinski definition) is 2. The zero-order valence-electron chi connectivity index (χ0n) is 15.0. The fourth-order valence-corrected chi connectivity index (χ4v) is 0. The fraction of sp³-hybridized carbons (Fsp3) is 0. The molecule has 3 radical (unpaired) electrons. The molecule has 19 nitrogen and oxygen atoms in total. The summed E-state index contributed by atoms with van der Waals surface area (Å²) < 4.78 is 25.6. The topological polar surface area (TPSA) is 409 Å². The van der Waals surface area contributed by atoms with Crippen LogP contribution in [-0.4, -0.2) is 248 Å². The van der Waals surface area contributed by atoms with Crippen LogP contribution in [0.2, 0.25) is 0 Å². The molecule has 155 valence electrons. The molecule has 0 bridgehead atoms. The Morgan fingerprint density at radius 3 is 0.516 bits per heavy atom. The Balaban J connectivity index is -0.0000000112. The van der Waals surface area contributed by atoms with Gasteiger partial charge >= 0.3 is 212 Å². The van der Waals surface area contributed by atoms with Crippen molar-refractivity contribution >= 4 is 256 Å². The molecule has 31 heavy (non-hydrogen) atoms. The van der Waals surface area contributed by atoms with E-state index in [-0.39, 0.29) is 226 Å². The normalized spacial score (nSPS) is 7.26.